The van der Waals surface area contributed by atoms with Crippen molar-refractivity contribution in [1.82, 2.24) is 10.2 Å². The van der Waals surface area contributed by atoms with Crippen molar-refractivity contribution in [3.8, 4) is 0 Å². The summed E-state index contributed by atoms with van der Waals surface area (Å²) < 4.78 is 26.6. The lowest BCUT2D eigenvalue weighted by Crippen LogP contribution is -2.52. The van der Waals surface area contributed by atoms with Crippen molar-refractivity contribution in [3.05, 3.63) is 63.1 Å². The highest BCUT2D eigenvalue weighted by Gasteiger charge is 2.31. The fraction of sp³-hybridized carbons (Fsp3) is 0.440. The summed E-state index contributed by atoms with van der Waals surface area (Å²) in [7, 11) is -3.80. The van der Waals surface area contributed by atoms with E-state index in [1.165, 1.54) is 4.90 Å². The third kappa shape index (κ3) is 7.59. The van der Waals surface area contributed by atoms with Gasteiger partial charge in [0.25, 0.3) is 0 Å². The van der Waals surface area contributed by atoms with E-state index in [0.29, 0.717) is 21.3 Å². The molecule has 0 aliphatic carbocycles. The second-order valence-electron chi connectivity index (χ2n) is 8.77. The molecule has 0 spiro atoms. The number of hydrogen-bond donors (Lipinski definition) is 1. The molecule has 0 saturated heterocycles. The van der Waals surface area contributed by atoms with Gasteiger partial charge in [0.2, 0.25) is 21.8 Å². The van der Waals surface area contributed by atoms with E-state index in [1.54, 1.807) is 51.1 Å². The van der Waals surface area contributed by atoms with Crippen molar-refractivity contribution in [2.75, 3.05) is 17.1 Å². The van der Waals surface area contributed by atoms with Crippen LogP contribution in [0.2, 0.25) is 10.0 Å². The molecule has 0 radical (unpaired) electrons. The van der Waals surface area contributed by atoms with Crippen LogP contribution in [0.25, 0.3) is 0 Å². The quantitative estimate of drug-likeness (QED) is 0.471. The number of hydrogen-bond acceptors (Lipinski definition) is 4. The monoisotopic (exact) mass is 541 g/mol. The van der Waals surface area contributed by atoms with Gasteiger partial charge in [-0.05, 0) is 62.9 Å². The number of anilines is 1. The van der Waals surface area contributed by atoms with Crippen LogP contribution in [0.1, 0.15) is 43.9 Å². The van der Waals surface area contributed by atoms with E-state index in [-0.39, 0.29) is 18.5 Å². The Balaban J connectivity index is 2.47. The van der Waals surface area contributed by atoms with Crippen LogP contribution in [0.3, 0.4) is 0 Å². The lowest BCUT2D eigenvalue weighted by atomic mass is 10.1. The Morgan fingerprint density at radius 2 is 1.63 bits per heavy atom. The second-order valence-corrected chi connectivity index (χ2v) is 11.5. The first-order chi connectivity index (χ1) is 16.3. The molecule has 0 aromatic heterocycles. The number of carbonyl (C=O) groups is 2. The summed E-state index contributed by atoms with van der Waals surface area (Å²) in [6.45, 7) is 8.63. The molecule has 2 amide bonds. The van der Waals surface area contributed by atoms with Gasteiger partial charge in [0.05, 0.1) is 22.0 Å². The van der Waals surface area contributed by atoms with Gasteiger partial charge >= 0.3 is 0 Å². The normalized spacial score (nSPS) is 13.1. The fourth-order valence-electron chi connectivity index (χ4n) is 3.66. The van der Waals surface area contributed by atoms with Crippen LogP contribution < -0.4 is 9.62 Å². The molecule has 0 heterocycles. The molecule has 0 saturated carbocycles. The Kier molecular flexibility index (Phi) is 10.0. The van der Waals surface area contributed by atoms with Crippen LogP contribution >= 0.6 is 23.2 Å². The van der Waals surface area contributed by atoms with Crippen LogP contribution in [0.15, 0.2) is 36.4 Å². The Hall–Kier alpha value is -2.29. The van der Waals surface area contributed by atoms with Crippen molar-refractivity contribution < 1.29 is 18.0 Å². The maximum atomic E-state index is 13.6. The number of halogens is 2. The van der Waals surface area contributed by atoms with E-state index in [2.05, 4.69) is 5.32 Å². The van der Waals surface area contributed by atoms with E-state index in [0.717, 1.165) is 28.1 Å². The smallest absolute Gasteiger partial charge is 0.244 e. The molecule has 192 valence electrons. The summed E-state index contributed by atoms with van der Waals surface area (Å²) in [5.74, 6) is -0.846. The molecular weight excluding hydrogens is 509 g/mol. The van der Waals surface area contributed by atoms with Gasteiger partial charge in [-0.15, -0.1) is 0 Å². The van der Waals surface area contributed by atoms with E-state index in [9.17, 15) is 18.0 Å². The zero-order valence-corrected chi connectivity index (χ0v) is 23.3. The molecule has 0 unspecified atom stereocenters. The number of aryl methyl sites for hydroxylation is 2. The first kappa shape index (κ1) is 28.9. The Labute approximate surface area is 218 Å². The SMILES string of the molecule is CC[C@@H](C)NC(=O)[C@@H](C)N(Cc1ccc(Cl)c(Cl)c1)C(=O)CN(c1c(C)cccc1C)S(C)(=O)=O. The maximum absolute atomic E-state index is 13.6. The third-order valence-corrected chi connectivity index (χ3v) is 7.72. The standard InChI is InChI=1S/C25H33Cl2N3O4S/c1-7-18(4)28-25(32)19(5)29(14-20-11-12-21(26)22(27)13-20)23(31)15-30(35(6,33)34)24-16(2)9-8-10-17(24)3/h8-13,18-19H,7,14-15H2,1-6H3,(H,28,32)/t18-,19-/m1/s1. The van der Waals surface area contributed by atoms with Crippen molar-refractivity contribution in [3.63, 3.8) is 0 Å². The average Bonchev–Trinajstić information content (AvgIpc) is 2.77. The minimum absolute atomic E-state index is 0.0508. The number of rotatable bonds is 10. The molecule has 2 rings (SSSR count). The number of amides is 2. The Morgan fingerprint density at radius 1 is 1.03 bits per heavy atom. The summed E-state index contributed by atoms with van der Waals surface area (Å²) in [6.07, 6.45) is 1.79. The number of benzene rings is 2. The van der Waals surface area contributed by atoms with Gasteiger partial charge in [0, 0.05) is 12.6 Å². The zero-order valence-electron chi connectivity index (χ0n) is 20.9. The molecule has 0 aliphatic heterocycles. The summed E-state index contributed by atoms with van der Waals surface area (Å²) in [5, 5.41) is 3.58. The number of para-hydroxylation sites is 1. The van der Waals surface area contributed by atoms with Crippen molar-refractivity contribution in [2.45, 2.75) is 59.7 Å². The first-order valence-corrected chi connectivity index (χ1v) is 13.9. The molecule has 1 N–H and O–H groups in total. The van der Waals surface area contributed by atoms with Gasteiger partial charge < -0.3 is 10.2 Å². The lowest BCUT2D eigenvalue weighted by molar-refractivity contribution is -0.139. The molecule has 0 fully saturated rings. The van der Waals surface area contributed by atoms with Gasteiger partial charge in [-0.3, -0.25) is 13.9 Å². The van der Waals surface area contributed by atoms with Crippen LogP contribution in [0.5, 0.6) is 0 Å². The van der Waals surface area contributed by atoms with E-state index < -0.39 is 28.5 Å². The van der Waals surface area contributed by atoms with Crippen molar-refractivity contribution in [2.24, 2.45) is 0 Å². The van der Waals surface area contributed by atoms with E-state index in [1.807, 2.05) is 19.9 Å². The molecule has 0 bridgehead atoms. The molecule has 7 nitrogen and oxygen atoms in total. The number of nitrogens with one attached hydrogen (secondary N) is 1. The minimum atomic E-state index is -3.80. The number of nitrogens with zero attached hydrogens (tertiary/aromatic N) is 2. The topological polar surface area (TPSA) is 86.8 Å². The predicted molar refractivity (Wildman–Crippen MR) is 142 cm³/mol. The summed E-state index contributed by atoms with van der Waals surface area (Å²) in [5.41, 5.74) is 2.56. The van der Waals surface area contributed by atoms with Gasteiger partial charge in [-0.25, -0.2) is 8.42 Å². The van der Waals surface area contributed by atoms with Crippen LogP contribution in [0, 0.1) is 13.8 Å². The van der Waals surface area contributed by atoms with Gasteiger partial charge in [0.15, 0.2) is 0 Å². The highest BCUT2D eigenvalue weighted by molar-refractivity contribution is 7.92. The van der Waals surface area contributed by atoms with E-state index in [4.69, 9.17) is 23.2 Å². The third-order valence-electron chi connectivity index (χ3n) is 5.87. The van der Waals surface area contributed by atoms with Crippen molar-refractivity contribution in [1.29, 1.82) is 0 Å². The van der Waals surface area contributed by atoms with Crippen LogP contribution in [-0.4, -0.2) is 50.0 Å². The van der Waals surface area contributed by atoms with Crippen LogP contribution in [-0.2, 0) is 26.2 Å². The summed E-state index contributed by atoms with van der Waals surface area (Å²) in [4.78, 5) is 27.9. The highest BCUT2D eigenvalue weighted by atomic mass is 35.5. The second kappa shape index (κ2) is 12.1. The van der Waals surface area contributed by atoms with E-state index >= 15 is 0 Å². The Bertz CT molecular complexity index is 1170. The summed E-state index contributed by atoms with van der Waals surface area (Å²) >= 11 is 12.2. The molecule has 35 heavy (non-hydrogen) atoms. The molecule has 10 heteroatoms. The van der Waals surface area contributed by atoms with Gasteiger partial charge in [-0.1, -0.05) is 54.4 Å². The molecular formula is C25H33Cl2N3O4S. The Morgan fingerprint density at radius 3 is 2.14 bits per heavy atom. The highest BCUT2D eigenvalue weighted by Crippen LogP contribution is 2.28. The molecule has 0 aliphatic rings. The number of carbonyl (C=O) groups excluding carboxylic acids is 2. The van der Waals surface area contributed by atoms with Crippen molar-refractivity contribution >= 4 is 50.7 Å². The minimum Gasteiger partial charge on any atom is -0.352 e. The predicted octanol–water partition coefficient (Wildman–Crippen LogP) is 4.71. The van der Waals surface area contributed by atoms with Gasteiger partial charge in [-0.2, -0.15) is 0 Å². The average molecular weight is 543 g/mol. The molecule has 2 atom stereocenters. The first-order valence-electron chi connectivity index (χ1n) is 11.3. The number of sulfonamides is 1. The van der Waals surface area contributed by atoms with Gasteiger partial charge in [0.1, 0.15) is 12.6 Å². The zero-order chi connectivity index (χ0) is 26.5. The lowest BCUT2D eigenvalue weighted by Gasteiger charge is -2.33. The van der Waals surface area contributed by atoms with Crippen LogP contribution in [0.4, 0.5) is 5.69 Å². The summed E-state index contributed by atoms with van der Waals surface area (Å²) in [6, 6.07) is 9.44. The fourth-order valence-corrected chi connectivity index (χ4v) is 4.94. The molecule has 2 aromatic carbocycles. The maximum Gasteiger partial charge on any atom is 0.244 e. The largest absolute Gasteiger partial charge is 0.352 e. The molecule has 2 aromatic rings.